The maximum atomic E-state index is 15.2. The number of terminal acetylenes is 1. The molecule has 2 atom stereocenters. The zero-order chi connectivity index (χ0) is 34.1. The minimum Gasteiger partial charge on any atom is -0.481 e. The lowest BCUT2D eigenvalue weighted by molar-refractivity contribution is -0.143. The van der Waals surface area contributed by atoms with Crippen molar-refractivity contribution in [3.8, 4) is 12.3 Å². The monoisotopic (exact) mass is 637 g/mol. The van der Waals surface area contributed by atoms with E-state index in [1.165, 1.54) is 6.07 Å². The minimum atomic E-state index is -1.63. The number of aromatic nitrogens is 2. The highest BCUT2D eigenvalue weighted by molar-refractivity contribution is 5.97. The lowest BCUT2D eigenvalue weighted by Gasteiger charge is -2.24. The third-order valence-corrected chi connectivity index (χ3v) is 7.03. The number of amides is 2. The number of nitrogens with zero attached hydrogens (tertiary/aromatic N) is 2. The number of aromatic amines is 1. The van der Waals surface area contributed by atoms with Crippen LogP contribution in [-0.2, 0) is 25.7 Å². The maximum absolute atomic E-state index is 15.2. The number of anilines is 1. The smallest absolute Gasteiger partial charge is 0.326 e. The normalized spacial score (nSPS) is 12.0. The van der Waals surface area contributed by atoms with Crippen LogP contribution in [0.1, 0.15) is 53.0 Å². The number of aliphatic carboxylic acids is 3. The van der Waals surface area contributed by atoms with Gasteiger partial charge in [0.25, 0.3) is 11.5 Å². The zero-order valence-corrected chi connectivity index (χ0v) is 24.9. The first kappa shape index (κ1) is 34.7. The first-order valence-electron chi connectivity index (χ1n) is 14.0. The zero-order valence-electron chi connectivity index (χ0n) is 24.9. The van der Waals surface area contributed by atoms with Crippen LogP contribution in [0.2, 0.25) is 0 Å². The summed E-state index contributed by atoms with van der Waals surface area (Å²) in [5, 5.41) is 32.1. The molecule has 0 aliphatic carbocycles. The minimum absolute atomic E-state index is 0.0488. The number of carboxylic acid groups (broad SMARTS) is 3. The Morgan fingerprint density at radius 1 is 1.00 bits per heavy atom. The maximum Gasteiger partial charge on any atom is 0.326 e. The van der Waals surface area contributed by atoms with Gasteiger partial charge in [-0.25, -0.2) is 19.0 Å². The summed E-state index contributed by atoms with van der Waals surface area (Å²) in [6, 6.07) is 3.96. The number of hydrogen-bond donors (Lipinski definition) is 6. The SMILES string of the molecule is C#CCN(Cc1cc2c(=O)[nH]c(C)nc2cc1C)c1ccc(C(=O)N[C@@H](CCC(=O)N[C@H](CCC(=O)O)C(=O)O)C(=O)O)c(F)c1. The van der Waals surface area contributed by atoms with Gasteiger partial charge in [0.2, 0.25) is 5.91 Å². The Hall–Kier alpha value is -5.78. The van der Waals surface area contributed by atoms with Crippen molar-refractivity contribution < 1.29 is 43.7 Å². The topological polar surface area (TPSA) is 219 Å². The molecule has 2 aromatic carbocycles. The number of carbonyl (C=O) groups is 5. The van der Waals surface area contributed by atoms with Crippen molar-refractivity contribution in [2.45, 2.75) is 58.2 Å². The molecule has 0 spiro atoms. The van der Waals surface area contributed by atoms with E-state index >= 15 is 4.39 Å². The van der Waals surface area contributed by atoms with Crippen LogP contribution in [0.15, 0.2) is 35.1 Å². The molecule has 46 heavy (non-hydrogen) atoms. The second kappa shape index (κ2) is 15.3. The van der Waals surface area contributed by atoms with E-state index in [-0.39, 0.29) is 25.1 Å². The summed E-state index contributed by atoms with van der Waals surface area (Å²) < 4.78 is 15.2. The number of carbonyl (C=O) groups excluding carboxylic acids is 2. The molecular formula is C31H32FN5O9. The van der Waals surface area contributed by atoms with Gasteiger partial charge in [0.1, 0.15) is 23.7 Å². The fourth-order valence-corrected chi connectivity index (χ4v) is 4.62. The first-order chi connectivity index (χ1) is 21.7. The van der Waals surface area contributed by atoms with E-state index in [0.717, 1.165) is 23.3 Å². The second-order valence-electron chi connectivity index (χ2n) is 10.5. The third-order valence-electron chi connectivity index (χ3n) is 7.03. The van der Waals surface area contributed by atoms with Gasteiger partial charge in [-0.2, -0.15) is 0 Å². The van der Waals surface area contributed by atoms with Crippen LogP contribution in [0.5, 0.6) is 0 Å². The van der Waals surface area contributed by atoms with E-state index in [4.69, 9.17) is 11.5 Å². The Labute approximate surface area is 261 Å². The number of aryl methyl sites for hydroxylation is 2. The molecule has 14 nitrogen and oxygen atoms in total. The first-order valence-corrected chi connectivity index (χ1v) is 14.0. The van der Waals surface area contributed by atoms with E-state index in [9.17, 15) is 39.0 Å². The van der Waals surface area contributed by atoms with Crippen LogP contribution in [0, 0.1) is 32.0 Å². The third kappa shape index (κ3) is 9.11. The average Bonchev–Trinajstić information content (AvgIpc) is 2.97. The molecular weight excluding hydrogens is 605 g/mol. The molecule has 0 bridgehead atoms. The van der Waals surface area contributed by atoms with E-state index in [1.54, 1.807) is 24.0 Å². The number of H-pyrrole nitrogens is 1. The molecule has 3 rings (SSSR count). The van der Waals surface area contributed by atoms with Gasteiger partial charge in [0.05, 0.1) is 23.0 Å². The van der Waals surface area contributed by atoms with Crippen molar-refractivity contribution in [3.05, 3.63) is 69.0 Å². The Balaban J connectivity index is 1.72. The highest BCUT2D eigenvalue weighted by atomic mass is 19.1. The van der Waals surface area contributed by atoms with E-state index < -0.39 is 72.4 Å². The largest absolute Gasteiger partial charge is 0.481 e. The summed E-state index contributed by atoms with van der Waals surface area (Å²) in [7, 11) is 0. The van der Waals surface area contributed by atoms with Crippen molar-refractivity contribution >= 4 is 46.3 Å². The Kier molecular flexibility index (Phi) is 11.5. The van der Waals surface area contributed by atoms with Crippen LogP contribution < -0.4 is 21.1 Å². The van der Waals surface area contributed by atoms with Gasteiger partial charge in [0.15, 0.2) is 0 Å². The molecule has 15 heteroatoms. The van der Waals surface area contributed by atoms with Crippen molar-refractivity contribution in [1.82, 2.24) is 20.6 Å². The van der Waals surface area contributed by atoms with Crippen molar-refractivity contribution in [2.24, 2.45) is 0 Å². The van der Waals surface area contributed by atoms with E-state index in [0.29, 0.717) is 22.4 Å². The van der Waals surface area contributed by atoms with Crippen LogP contribution in [-0.4, -0.2) is 73.6 Å². The molecule has 2 amide bonds. The summed E-state index contributed by atoms with van der Waals surface area (Å²) >= 11 is 0. The summed E-state index contributed by atoms with van der Waals surface area (Å²) in [6.45, 7) is 3.74. The summed E-state index contributed by atoms with van der Waals surface area (Å²) in [5.41, 5.74) is 1.59. The van der Waals surface area contributed by atoms with Gasteiger partial charge >= 0.3 is 17.9 Å². The molecule has 1 heterocycles. The molecule has 6 N–H and O–H groups in total. The van der Waals surface area contributed by atoms with Crippen LogP contribution in [0.25, 0.3) is 10.9 Å². The Bertz CT molecular complexity index is 1780. The molecule has 0 aliphatic heterocycles. The molecule has 0 aliphatic rings. The lowest BCUT2D eigenvalue weighted by atomic mass is 10.0. The standard InChI is InChI=1S/C31H32FN5O9/c1-4-11-37(15-18-13-21-25(12-16(18)2)33-17(3)34-29(21)42)19-5-6-20(22(32)14-19)28(41)36-24(31(45)46)7-9-26(38)35-23(30(43)44)8-10-27(39)40/h1,5-6,12-14,23-24H,7-11,15H2,2-3H3,(H,35,38)(H,36,41)(H,39,40)(H,43,44)(H,45,46)(H,33,34,42)/t23-,24+/m1/s1. The predicted octanol–water partition coefficient (Wildman–Crippen LogP) is 1.72. The number of fused-ring (bicyclic) bond motifs is 1. The van der Waals surface area contributed by atoms with Gasteiger partial charge in [-0.15, -0.1) is 6.42 Å². The van der Waals surface area contributed by atoms with Gasteiger partial charge < -0.3 is 35.8 Å². The number of carboxylic acids is 3. The van der Waals surface area contributed by atoms with Crippen LogP contribution >= 0.6 is 0 Å². The summed E-state index contributed by atoms with van der Waals surface area (Å²) in [6.07, 6.45) is 3.67. The molecule has 0 saturated heterocycles. The quantitative estimate of drug-likeness (QED) is 0.132. The fraction of sp³-hybridized carbons (Fsp3) is 0.323. The number of benzene rings is 2. The predicted molar refractivity (Wildman–Crippen MR) is 163 cm³/mol. The van der Waals surface area contributed by atoms with Gasteiger partial charge in [-0.3, -0.25) is 19.2 Å². The number of rotatable bonds is 15. The summed E-state index contributed by atoms with van der Waals surface area (Å²) in [4.78, 5) is 79.9. The van der Waals surface area contributed by atoms with Gasteiger partial charge in [-0.05, 0) is 68.1 Å². The summed E-state index contributed by atoms with van der Waals surface area (Å²) in [5.74, 6) is -4.20. The highest BCUT2D eigenvalue weighted by Gasteiger charge is 2.26. The van der Waals surface area contributed by atoms with E-state index in [2.05, 4.69) is 26.5 Å². The molecule has 1 aromatic heterocycles. The molecule has 242 valence electrons. The average molecular weight is 638 g/mol. The van der Waals surface area contributed by atoms with Crippen LogP contribution in [0.3, 0.4) is 0 Å². The van der Waals surface area contributed by atoms with Crippen molar-refractivity contribution in [1.29, 1.82) is 0 Å². The Morgan fingerprint density at radius 2 is 1.65 bits per heavy atom. The van der Waals surface area contributed by atoms with Gasteiger partial charge in [0, 0.05) is 25.1 Å². The van der Waals surface area contributed by atoms with Crippen molar-refractivity contribution in [3.63, 3.8) is 0 Å². The lowest BCUT2D eigenvalue weighted by Crippen LogP contribution is -2.44. The Morgan fingerprint density at radius 3 is 2.26 bits per heavy atom. The highest BCUT2D eigenvalue weighted by Crippen LogP contribution is 2.24. The number of hydrogen-bond acceptors (Lipinski definition) is 8. The molecule has 0 saturated carbocycles. The molecule has 3 aromatic rings. The van der Waals surface area contributed by atoms with Gasteiger partial charge in [-0.1, -0.05) is 5.92 Å². The van der Waals surface area contributed by atoms with E-state index in [1.807, 2.05) is 6.92 Å². The number of nitrogens with one attached hydrogen (secondary N) is 3. The van der Waals surface area contributed by atoms with Crippen LogP contribution in [0.4, 0.5) is 10.1 Å². The molecule has 0 unspecified atom stereocenters. The molecule has 0 fully saturated rings. The fourth-order valence-electron chi connectivity index (χ4n) is 4.62. The second-order valence-corrected chi connectivity index (χ2v) is 10.5. The molecule has 0 radical (unpaired) electrons. The van der Waals surface area contributed by atoms with Crippen molar-refractivity contribution in [2.75, 3.05) is 11.4 Å². The number of halogens is 1.